The van der Waals surface area contributed by atoms with Crippen molar-refractivity contribution in [2.75, 3.05) is 20.2 Å². The lowest BCUT2D eigenvalue weighted by atomic mass is 10.0. The molecule has 0 fully saturated rings. The molecule has 0 saturated heterocycles. The monoisotopic (exact) mass is 408 g/mol. The first-order chi connectivity index (χ1) is 14.2. The average molecular weight is 408 g/mol. The minimum absolute atomic E-state index is 0.0593. The van der Waals surface area contributed by atoms with Crippen molar-refractivity contribution in [1.29, 1.82) is 16.2 Å². The molecular formula is C21H24N6O3. The molecule has 0 atom stereocenters. The number of hydrogen-bond donors (Lipinski definition) is 5. The molecule has 9 nitrogen and oxygen atoms in total. The SMILES string of the molecule is C=C(C)C(=O)OCCN(C)C1=CC=C(NC(=N)NC(=O)c2ccccc2)C(=N)C1=N. The Labute approximate surface area is 174 Å². The number of carbonyl (C=O) groups is 2. The van der Waals surface area contributed by atoms with Crippen molar-refractivity contribution in [3.05, 3.63) is 71.6 Å². The molecule has 0 spiro atoms. The van der Waals surface area contributed by atoms with Gasteiger partial charge in [0.05, 0.1) is 17.9 Å². The zero-order valence-corrected chi connectivity index (χ0v) is 16.8. The summed E-state index contributed by atoms with van der Waals surface area (Å²) in [4.78, 5) is 25.2. The van der Waals surface area contributed by atoms with E-state index in [4.69, 9.17) is 21.0 Å². The van der Waals surface area contributed by atoms with E-state index in [-0.39, 0.29) is 29.7 Å². The Morgan fingerprint density at radius 2 is 1.80 bits per heavy atom. The number of guanidine groups is 1. The Morgan fingerprint density at radius 3 is 2.43 bits per heavy atom. The Bertz CT molecular complexity index is 962. The molecule has 1 aromatic rings. The van der Waals surface area contributed by atoms with Crippen LogP contribution in [0, 0.1) is 16.2 Å². The number of carbonyl (C=O) groups excluding carboxylic acids is 2. The van der Waals surface area contributed by atoms with E-state index in [1.165, 1.54) is 0 Å². The van der Waals surface area contributed by atoms with E-state index in [1.807, 2.05) is 0 Å². The third-order valence-electron chi connectivity index (χ3n) is 4.14. The van der Waals surface area contributed by atoms with Gasteiger partial charge in [0, 0.05) is 18.2 Å². The van der Waals surface area contributed by atoms with Crippen LogP contribution < -0.4 is 10.6 Å². The van der Waals surface area contributed by atoms with E-state index in [9.17, 15) is 9.59 Å². The maximum absolute atomic E-state index is 12.1. The molecule has 5 N–H and O–H groups in total. The highest BCUT2D eigenvalue weighted by Crippen LogP contribution is 2.14. The molecule has 1 aliphatic carbocycles. The number of nitrogens with zero attached hydrogens (tertiary/aromatic N) is 1. The van der Waals surface area contributed by atoms with Gasteiger partial charge >= 0.3 is 5.97 Å². The molecule has 0 unspecified atom stereocenters. The van der Waals surface area contributed by atoms with Crippen LogP contribution in [-0.4, -0.2) is 54.4 Å². The molecule has 156 valence electrons. The van der Waals surface area contributed by atoms with Gasteiger partial charge in [0.25, 0.3) is 5.91 Å². The number of likely N-dealkylation sites (N-methyl/N-ethyl adjacent to an activating group) is 1. The van der Waals surface area contributed by atoms with E-state index < -0.39 is 11.9 Å². The van der Waals surface area contributed by atoms with Crippen LogP contribution in [0.1, 0.15) is 17.3 Å². The zero-order chi connectivity index (χ0) is 22.3. The summed E-state index contributed by atoms with van der Waals surface area (Å²) in [5, 5.41) is 29.4. The smallest absolute Gasteiger partial charge is 0.333 e. The molecule has 0 aromatic heterocycles. The normalized spacial score (nSPS) is 13.0. The highest BCUT2D eigenvalue weighted by molar-refractivity contribution is 6.52. The lowest BCUT2D eigenvalue weighted by molar-refractivity contribution is -0.139. The van der Waals surface area contributed by atoms with Crippen molar-refractivity contribution in [2.24, 2.45) is 0 Å². The van der Waals surface area contributed by atoms with E-state index in [2.05, 4.69) is 17.2 Å². The standard InChI is InChI=1S/C21H24N6O3/c1-13(2)20(29)30-12-11-27(3)16-10-9-15(17(22)18(16)23)25-21(24)26-19(28)14-7-5-4-6-8-14/h4-10,22-23H,1,11-12H2,2-3H3,(H3,24,25,26,28). The summed E-state index contributed by atoms with van der Waals surface area (Å²) in [6, 6.07) is 8.47. The summed E-state index contributed by atoms with van der Waals surface area (Å²) in [5.74, 6) is -1.23. The van der Waals surface area contributed by atoms with Crippen molar-refractivity contribution in [3.63, 3.8) is 0 Å². The van der Waals surface area contributed by atoms with Crippen LogP contribution in [0.5, 0.6) is 0 Å². The van der Waals surface area contributed by atoms with Gasteiger partial charge in [-0.2, -0.15) is 0 Å². The maximum Gasteiger partial charge on any atom is 0.333 e. The number of esters is 1. The van der Waals surface area contributed by atoms with E-state index in [1.54, 1.807) is 61.4 Å². The van der Waals surface area contributed by atoms with Crippen LogP contribution in [0.3, 0.4) is 0 Å². The van der Waals surface area contributed by atoms with Gasteiger partial charge in [-0.15, -0.1) is 0 Å². The lowest BCUT2D eigenvalue weighted by Crippen LogP contribution is -2.43. The number of benzene rings is 1. The first-order valence-electron chi connectivity index (χ1n) is 9.06. The van der Waals surface area contributed by atoms with Gasteiger partial charge in [0.2, 0.25) is 0 Å². The Morgan fingerprint density at radius 1 is 1.13 bits per heavy atom. The zero-order valence-electron chi connectivity index (χ0n) is 16.8. The Balaban J connectivity index is 1.96. The molecule has 0 aliphatic heterocycles. The minimum atomic E-state index is -0.480. The van der Waals surface area contributed by atoms with Crippen molar-refractivity contribution in [2.45, 2.75) is 6.92 Å². The molecule has 0 saturated carbocycles. The Kier molecular flexibility index (Phi) is 7.40. The number of nitrogens with one attached hydrogen (secondary N) is 5. The lowest BCUT2D eigenvalue weighted by Gasteiger charge is -2.26. The summed E-state index contributed by atoms with van der Waals surface area (Å²) in [5.41, 5.74) is 1.21. The van der Waals surface area contributed by atoms with Gasteiger partial charge in [-0.3, -0.25) is 26.3 Å². The number of allylic oxidation sites excluding steroid dienone is 4. The van der Waals surface area contributed by atoms with Crippen LogP contribution in [0.25, 0.3) is 0 Å². The second-order valence-electron chi connectivity index (χ2n) is 6.54. The van der Waals surface area contributed by atoms with Crippen LogP contribution in [0.4, 0.5) is 0 Å². The second-order valence-corrected chi connectivity index (χ2v) is 6.54. The van der Waals surface area contributed by atoms with Crippen LogP contribution in [-0.2, 0) is 9.53 Å². The number of hydrogen-bond acceptors (Lipinski definition) is 7. The van der Waals surface area contributed by atoms with E-state index in [0.29, 0.717) is 23.4 Å². The summed E-state index contributed by atoms with van der Waals surface area (Å²) in [7, 11) is 1.72. The van der Waals surface area contributed by atoms with Crippen molar-refractivity contribution >= 4 is 29.3 Å². The molecule has 30 heavy (non-hydrogen) atoms. The fourth-order valence-electron chi connectivity index (χ4n) is 2.47. The first-order valence-corrected chi connectivity index (χ1v) is 9.06. The fraction of sp³-hybridized carbons (Fsp3) is 0.190. The van der Waals surface area contributed by atoms with Gasteiger partial charge < -0.3 is 15.0 Å². The average Bonchev–Trinajstić information content (AvgIpc) is 2.71. The highest BCUT2D eigenvalue weighted by Gasteiger charge is 2.23. The molecule has 2 rings (SSSR count). The third kappa shape index (κ3) is 5.74. The fourth-order valence-corrected chi connectivity index (χ4v) is 2.47. The summed E-state index contributed by atoms with van der Waals surface area (Å²) in [6.07, 6.45) is 3.17. The molecule has 1 aromatic carbocycles. The first kappa shape index (κ1) is 22.3. The Hall–Kier alpha value is -4.01. The van der Waals surface area contributed by atoms with Gasteiger partial charge in [0.1, 0.15) is 18.0 Å². The number of ether oxygens (including phenoxy) is 1. The van der Waals surface area contributed by atoms with E-state index in [0.717, 1.165) is 0 Å². The van der Waals surface area contributed by atoms with Crippen LogP contribution >= 0.6 is 0 Å². The van der Waals surface area contributed by atoms with Gasteiger partial charge in [-0.1, -0.05) is 24.8 Å². The van der Waals surface area contributed by atoms with Crippen molar-refractivity contribution in [1.82, 2.24) is 15.5 Å². The summed E-state index contributed by atoms with van der Waals surface area (Å²) >= 11 is 0. The molecule has 0 bridgehead atoms. The maximum atomic E-state index is 12.1. The van der Waals surface area contributed by atoms with Crippen molar-refractivity contribution < 1.29 is 14.3 Å². The predicted molar refractivity (Wildman–Crippen MR) is 115 cm³/mol. The van der Waals surface area contributed by atoms with Crippen molar-refractivity contribution in [3.8, 4) is 0 Å². The van der Waals surface area contributed by atoms with Gasteiger partial charge in [-0.05, 0) is 31.2 Å². The van der Waals surface area contributed by atoms with E-state index >= 15 is 0 Å². The molecule has 0 heterocycles. The van der Waals surface area contributed by atoms with Crippen LogP contribution in [0.15, 0.2) is 66.0 Å². The van der Waals surface area contributed by atoms with Crippen LogP contribution in [0.2, 0.25) is 0 Å². The third-order valence-corrected chi connectivity index (χ3v) is 4.14. The second kappa shape index (κ2) is 9.97. The largest absolute Gasteiger partial charge is 0.460 e. The molecule has 9 heteroatoms. The molecular weight excluding hydrogens is 384 g/mol. The highest BCUT2D eigenvalue weighted by atomic mass is 16.5. The molecule has 1 amide bonds. The van der Waals surface area contributed by atoms with Gasteiger partial charge in [-0.25, -0.2) is 4.79 Å². The molecule has 1 aliphatic rings. The quantitative estimate of drug-likeness (QED) is 0.154. The minimum Gasteiger partial charge on any atom is -0.460 e. The number of amides is 1. The molecule has 0 radical (unpaired) electrons. The van der Waals surface area contributed by atoms with Gasteiger partial charge in [0.15, 0.2) is 5.96 Å². The number of rotatable bonds is 7. The summed E-state index contributed by atoms with van der Waals surface area (Å²) < 4.78 is 5.05. The summed E-state index contributed by atoms with van der Waals surface area (Å²) in [6.45, 7) is 5.52. The topological polar surface area (TPSA) is 142 Å². The predicted octanol–water partition coefficient (Wildman–Crippen LogP) is 1.81.